The molecule has 0 fully saturated rings. The van der Waals surface area contributed by atoms with E-state index >= 15 is 0 Å². The van der Waals surface area contributed by atoms with Gasteiger partial charge in [-0.1, -0.05) is 80.8 Å². The molecular formula is C20H24N4OS2. The molecule has 7 heteroatoms. The summed E-state index contributed by atoms with van der Waals surface area (Å²) in [5.41, 5.74) is 0.775. The molecule has 3 aromatic rings. The molecule has 0 saturated carbocycles. The van der Waals surface area contributed by atoms with Crippen LogP contribution in [0.3, 0.4) is 0 Å². The molecule has 0 unspecified atom stereocenters. The normalized spacial score (nSPS) is 10.9. The third-order valence-corrected chi connectivity index (χ3v) is 5.82. The molecule has 5 nitrogen and oxygen atoms in total. The minimum Gasteiger partial charge on any atom is -0.307 e. The molecule has 1 aromatic heterocycles. The van der Waals surface area contributed by atoms with Crippen LogP contribution in [0.1, 0.15) is 39.0 Å². The fourth-order valence-electron chi connectivity index (χ4n) is 2.77. The van der Waals surface area contributed by atoms with Gasteiger partial charge < -0.3 is 5.32 Å². The zero-order chi connectivity index (χ0) is 18.9. The number of nitrogens with one attached hydrogen (secondary N) is 2. The van der Waals surface area contributed by atoms with Crippen LogP contribution in [0.2, 0.25) is 0 Å². The highest BCUT2D eigenvalue weighted by atomic mass is 32.2. The number of hydrogen-bond acceptors (Lipinski definition) is 5. The van der Waals surface area contributed by atoms with Gasteiger partial charge in [-0.25, -0.2) is 4.79 Å². The number of aromatic nitrogens is 2. The highest BCUT2D eigenvalue weighted by Gasteiger charge is 2.10. The van der Waals surface area contributed by atoms with Crippen molar-refractivity contribution in [3.8, 4) is 0 Å². The van der Waals surface area contributed by atoms with Crippen LogP contribution in [-0.4, -0.2) is 21.1 Å². The van der Waals surface area contributed by atoms with E-state index in [0.717, 1.165) is 27.4 Å². The number of nitrogens with zero attached hydrogens (tertiary/aromatic N) is 2. The predicted octanol–water partition coefficient (Wildman–Crippen LogP) is 6.40. The van der Waals surface area contributed by atoms with Crippen LogP contribution in [0, 0.1) is 0 Å². The smallest absolute Gasteiger partial charge is 0.307 e. The van der Waals surface area contributed by atoms with Gasteiger partial charge in [-0.2, -0.15) is 9.36 Å². The summed E-state index contributed by atoms with van der Waals surface area (Å²) < 4.78 is 4.31. The molecule has 27 heavy (non-hydrogen) atoms. The SMILES string of the molecule is CCCCCCCSc1nsc(NC(=O)Nc2cccc3ccccc23)n1. The van der Waals surface area contributed by atoms with Gasteiger partial charge in [-0.3, -0.25) is 5.32 Å². The zero-order valence-electron chi connectivity index (χ0n) is 15.4. The maximum Gasteiger partial charge on any atom is 0.325 e. The average Bonchev–Trinajstić information content (AvgIpc) is 3.12. The highest BCUT2D eigenvalue weighted by Crippen LogP contribution is 2.24. The first kappa shape index (κ1) is 19.6. The van der Waals surface area contributed by atoms with E-state index < -0.39 is 0 Å². The first-order valence-corrected chi connectivity index (χ1v) is 11.0. The van der Waals surface area contributed by atoms with Crippen LogP contribution in [0.4, 0.5) is 15.6 Å². The molecule has 2 amide bonds. The number of amides is 2. The first-order chi connectivity index (χ1) is 13.3. The van der Waals surface area contributed by atoms with Gasteiger partial charge >= 0.3 is 6.03 Å². The van der Waals surface area contributed by atoms with E-state index in [1.54, 1.807) is 11.8 Å². The number of anilines is 2. The molecule has 0 aliphatic heterocycles. The standard InChI is InChI=1S/C20H24N4OS2/c1-2-3-4-5-8-14-26-20-23-19(27-24-20)22-18(25)21-17-13-9-11-15-10-6-7-12-16(15)17/h6-7,9-13H,2-5,8,14H2,1H3,(H2,21,22,23,24,25). The number of urea groups is 1. The van der Waals surface area contributed by atoms with Crippen molar-refractivity contribution in [1.29, 1.82) is 0 Å². The lowest BCUT2D eigenvalue weighted by Crippen LogP contribution is -2.19. The second-order valence-electron chi connectivity index (χ2n) is 6.25. The van der Waals surface area contributed by atoms with E-state index in [1.165, 1.54) is 43.6 Å². The molecule has 0 aliphatic carbocycles. The molecule has 1 heterocycles. The molecule has 2 aromatic carbocycles. The number of hydrogen-bond donors (Lipinski definition) is 2. The minimum absolute atomic E-state index is 0.307. The van der Waals surface area contributed by atoms with Crippen LogP contribution >= 0.6 is 23.3 Å². The molecule has 142 valence electrons. The Morgan fingerprint density at radius 2 is 1.85 bits per heavy atom. The summed E-state index contributed by atoms with van der Waals surface area (Å²) in [5.74, 6) is 1.02. The molecule has 3 rings (SSSR count). The van der Waals surface area contributed by atoms with Crippen molar-refractivity contribution >= 4 is 50.9 Å². The van der Waals surface area contributed by atoms with Crippen LogP contribution in [-0.2, 0) is 0 Å². The Kier molecular flexibility index (Phi) is 7.47. The van der Waals surface area contributed by atoms with Crippen LogP contribution in [0.15, 0.2) is 47.6 Å². The van der Waals surface area contributed by atoms with Crippen LogP contribution in [0.5, 0.6) is 0 Å². The maximum atomic E-state index is 12.3. The molecule has 0 bridgehead atoms. The fraction of sp³-hybridized carbons (Fsp3) is 0.350. The van der Waals surface area contributed by atoms with Gasteiger partial charge in [0.25, 0.3) is 0 Å². The van der Waals surface area contributed by atoms with Crippen LogP contribution < -0.4 is 10.6 Å². The lowest BCUT2D eigenvalue weighted by atomic mass is 10.1. The summed E-state index contributed by atoms with van der Waals surface area (Å²) in [5, 5.41) is 9.01. The van der Waals surface area contributed by atoms with Crippen LogP contribution in [0.25, 0.3) is 10.8 Å². The number of fused-ring (bicyclic) bond motifs is 1. The van der Waals surface area contributed by atoms with Gasteiger partial charge in [0.2, 0.25) is 10.3 Å². The number of benzene rings is 2. The number of unbranched alkanes of at least 4 members (excludes halogenated alkanes) is 4. The van der Waals surface area contributed by atoms with Crippen molar-refractivity contribution in [1.82, 2.24) is 9.36 Å². The number of thioether (sulfide) groups is 1. The Balaban J connectivity index is 1.49. The monoisotopic (exact) mass is 400 g/mol. The second-order valence-corrected chi connectivity index (χ2v) is 8.06. The topological polar surface area (TPSA) is 66.9 Å². The van der Waals surface area contributed by atoms with Gasteiger partial charge in [0.05, 0.1) is 5.69 Å². The Hall–Kier alpha value is -2.12. The summed E-state index contributed by atoms with van der Waals surface area (Å²) >= 11 is 2.86. The Bertz CT molecular complexity index is 876. The molecular weight excluding hydrogens is 376 g/mol. The highest BCUT2D eigenvalue weighted by molar-refractivity contribution is 7.99. The van der Waals surface area contributed by atoms with Crippen molar-refractivity contribution in [3.05, 3.63) is 42.5 Å². The minimum atomic E-state index is -0.307. The number of carbonyl (C=O) groups is 1. The summed E-state index contributed by atoms with van der Waals surface area (Å²) in [6.07, 6.45) is 6.29. The van der Waals surface area contributed by atoms with Gasteiger partial charge in [0.1, 0.15) is 0 Å². The molecule has 0 aliphatic rings. The average molecular weight is 401 g/mol. The third kappa shape index (κ3) is 5.94. The summed E-state index contributed by atoms with van der Waals surface area (Å²) in [6.45, 7) is 2.22. The van der Waals surface area contributed by atoms with E-state index in [-0.39, 0.29) is 6.03 Å². The van der Waals surface area contributed by atoms with E-state index in [1.807, 2.05) is 42.5 Å². The third-order valence-electron chi connectivity index (χ3n) is 4.14. The summed E-state index contributed by atoms with van der Waals surface area (Å²) in [7, 11) is 0. The molecule has 0 radical (unpaired) electrons. The van der Waals surface area contributed by atoms with Gasteiger partial charge in [-0.05, 0) is 17.9 Å². The lowest BCUT2D eigenvalue weighted by Gasteiger charge is -2.08. The summed E-state index contributed by atoms with van der Waals surface area (Å²) in [4.78, 5) is 16.7. The molecule has 0 saturated heterocycles. The first-order valence-electron chi connectivity index (χ1n) is 9.28. The van der Waals surface area contributed by atoms with E-state index in [9.17, 15) is 4.79 Å². The van der Waals surface area contributed by atoms with Crippen molar-refractivity contribution in [2.24, 2.45) is 0 Å². The second kappa shape index (κ2) is 10.3. The maximum absolute atomic E-state index is 12.3. The van der Waals surface area contributed by atoms with Crippen molar-refractivity contribution in [2.75, 3.05) is 16.4 Å². The van der Waals surface area contributed by atoms with E-state index in [4.69, 9.17) is 0 Å². The Labute approximate surface area is 168 Å². The van der Waals surface area contributed by atoms with Gasteiger partial charge in [-0.15, -0.1) is 0 Å². The quantitative estimate of drug-likeness (QED) is 0.322. The zero-order valence-corrected chi connectivity index (χ0v) is 17.0. The van der Waals surface area contributed by atoms with Crippen molar-refractivity contribution < 1.29 is 4.79 Å². The van der Waals surface area contributed by atoms with E-state index in [0.29, 0.717) is 5.13 Å². The number of carbonyl (C=O) groups excluding carboxylic acids is 1. The van der Waals surface area contributed by atoms with Gasteiger partial charge in [0, 0.05) is 22.7 Å². The fourth-order valence-corrected chi connectivity index (χ4v) is 4.31. The Morgan fingerprint density at radius 3 is 2.74 bits per heavy atom. The lowest BCUT2D eigenvalue weighted by molar-refractivity contribution is 0.262. The van der Waals surface area contributed by atoms with E-state index in [2.05, 4.69) is 26.9 Å². The summed E-state index contributed by atoms with van der Waals surface area (Å²) in [6, 6.07) is 13.5. The van der Waals surface area contributed by atoms with Crippen molar-refractivity contribution in [2.45, 2.75) is 44.2 Å². The molecule has 0 spiro atoms. The van der Waals surface area contributed by atoms with Gasteiger partial charge in [0.15, 0.2) is 0 Å². The van der Waals surface area contributed by atoms with Crippen molar-refractivity contribution in [3.63, 3.8) is 0 Å². The Morgan fingerprint density at radius 1 is 1.04 bits per heavy atom. The predicted molar refractivity (Wildman–Crippen MR) is 116 cm³/mol. The molecule has 0 atom stereocenters. The largest absolute Gasteiger partial charge is 0.325 e. The molecule has 2 N–H and O–H groups in total. The number of rotatable bonds is 9.